The third-order valence-corrected chi connectivity index (χ3v) is 27.6. The summed E-state index contributed by atoms with van der Waals surface area (Å²) >= 11 is 1.81. The van der Waals surface area contributed by atoms with E-state index >= 15 is 0 Å². The van der Waals surface area contributed by atoms with E-state index in [9.17, 15) is 0 Å². The molecule has 13 heterocycles. The van der Waals surface area contributed by atoms with E-state index in [-0.39, 0.29) is 0 Å². The average molecular weight is 1640 g/mol. The summed E-state index contributed by atoms with van der Waals surface area (Å²) in [6, 6.07) is 120. The number of fused-ring (bicyclic) bond motifs is 27. The molecule has 0 aliphatic carbocycles. The summed E-state index contributed by atoms with van der Waals surface area (Å²) in [5, 5.41) is 17.3. The molecule has 0 aliphatic heterocycles. The van der Waals surface area contributed by atoms with E-state index in [0.29, 0.717) is 22.6 Å². The van der Waals surface area contributed by atoms with Crippen LogP contribution in [-0.2, 0) is 6.42 Å². The van der Waals surface area contributed by atoms with Crippen LogP contribution >= 0.6 is 11.3 Å². The van der Waals surface area contributed by atoms with Crippen molar-refractivity contribution in [1.29, 1.82) is 0 Å². The topological polar surface area (TPSA) is 124 Å². The highest BCUT2D eigenvalue weighted by molar-refractivity contribution is 7.25. The molecule has 0 saturated heterocycles. The minimum absolute atomic E-state index is 0.676. The molecule has 0 amide bonds. The van der Waals surface area contributed by atoms with E-state index in [1.807, 2.05) is 60.4 Å². The van der Waals surface area contributed by atoms with Gasteiger partial charge in [-0.25, -0.2) is 9.97 Å². The van der Waals surface area contributed by atoms with Crippen LogP contribution in [-0.4, -0.2) is 38.2 Å². The molecule has 0 N–H and O–H groups in total. The highest BCUT2D eigenvalue weighted by Gasteiger charge is 2.29. The number of hydrogen-bond donors (Lipinski definition) is 0. The lowest BCUT2D eigenvalue weighted by atomic mass is 9.97. The van der Waals surface area contributed by atoms with E-state index < -0.39 is 0 Å². The van der Waals surface area contributed by atoms with Crippen LogP contribution in [0.5, 0.6) is 0 Å². The molecule has 28 rings (SSSR count). The molecule has 592 valence electrons. The molecular formula is C114H66N8O4S. The third-order valence-electron chi connectivity index (χ3n) is 26.5. The van der Waals surface area contributed by atoms with Gasteiger partial charge in [0.15, 0.2) is 22.3 Å². The lowest BCUT2D eigenvalue weighted by Gasteiger charge is -2.13. The van der Waals surface area contributed by atoms with Gasteiger partial charge in [0, 0.05) is 131 Å². The summed E-state index contributed by atoms with van der Waals surface area (Å²) in [6.45, 7) is 2.21. The minimum Gasteiger partial charge on any atom is -0.453 e. The molecule has 28 aromatic rings. The maximum atomic E-state index is 7.48. The second-order valence-corrected chi connectivity index (χ2v) is 34.5. The van der Waals surface area contributed by atoms with E-state index in [1.54, 1.807) is 0 Å². The van der Waals surface area contributed by atoms with Gasteiger partial charge in [-0.1, -0.05) is 207 Å². The van der Waals surface area contributed by atoms with E-state index in [0.717, 1.165) is 222 Å². The number of rotatable bonds is 11. The zero-order chi connectivity index (χ0) is 83.0. The third kappa shape index (κ3) is 10.2. The van der Waals surface area contributed by atoms with E-state index in [1.165, 1.54) is 41.9 Å². The number of nitrogens with zero attached hydrogens (tertiary/aromatic N) is 8. The van der Waals surface area contributed by atoms with Gasteiger partial charge in [0.05, 0.1) is 78.3 Å². The second kappa shape index (κ2) is 26.6. The van der Waals surface area contributed by atoms with Crippen LogP contribution in [0.3, 0.4) is 0 Å². The van der Waals surface area contributed by atoms with Crippen molar-refractivity contribution in [1.82, 2.24) is 38.2 Å². The Bertz CT molecular complexity index is 9610. The number of para-hydroxylation sites is 9. The van der Waals surface area contributed by atoms with Crippen molar-refractivity contribution in [3.8, 4) is 67.5 Å². The maximum absolute atomic E-state index is 7.48. The molecule has 0 atom stereocenters. The number of thiophene rings is 1. The first-order valence-electron chi connectivity index (χ1n) is 43.0. The van der Waals surface area contributed by atoms with Gasteiger partial charge in [0.25, 0.3) is 0 Å². The first kappa shape index (κ1) is 69.9. The number of aromatic nitrogens is 8. The average Bonchev–Trinajstić information content (AvgIpc) is 1.57. The fourth-order valence-electron chi connectivity index (χ4n) is 20.7. The first-order valence-corrected chi connectivity index (χ1v) is 43.8. The zero-order valence-corrected chi connectivity index (χ0v) is 68.9. The van der Waals surface area contributed by atoms with Crippen molar-refractivity contribution in [3.05, 3.63) is 375 Å². The van der Waals surface area contributed by atoms with Crippen LogP contribution in [0.1, 0.15) is 23.6 Å². The number of hydrogen-bond acceptors (Lipinski definition) is 9. The molecule has 0 bridgehead atoms. The van der Waals surface area contributed by atoms with Crippen molar-refractivity contribution in [3.63, 3.8) is 0 Å². The largest absolute Gasteiger partial charge is 0.453 e. The summed E-state index contributed by atoms with van der Waals surface area (Å²) < 4.78 is 40.3. The van der Waals surface area contributed by atoms with E-state index in [2.05, 4.69) is 347 Å². The lowest BCUT2D eigenvalue weighted by molar-refractivity contribution is 0.665. The Morgan fingerprint density at radius 2 is 0.661 bits per heavy atom. The number of benzene rings is 15. The molecule has 0 unspecified atom stereocenters. The Balaban J connectivity index is 0.562. The normalized spacial score (nSPS) is 12.4. The number of aryl methyl sites for hydroxylation is 1. The van der Waals surface area contributed by atoms with Crippen LogP contribution in [0.2, 0.25) is 0 Å². The Morgan fingerprint density at radius 1 is 0.260 bits per heavy atom. The van der Waals surface area contributed by atoms with Crippen LogP contribution in [0.4, 0.5) is 0 Å². The molecule has 15 aromatic carbocycles. The van der Waals surface area contributed by atoms with Gasteiger partial charge < -0.3 is 35.9 Å². The van der Waals surface area contributed by atoms with Crippen LogP contribution in [0.25, 0.3) is 275 Å². The van der Waals surface area contributed by atoms with Gasteiger partial charge in [-0.05, 0) is 191 Å². The smallest absolute Gasteiger partial charge is 0.177 e. The first-order chi connectivity index (χ1) is 62.9. The van der Waals surface area contributed by atoms with Crippen LogP contribution < -0.4 is 0 Å². The molecule has 13 heteroatoms. The Morgan fingerprint density at radius 3 is 1.21 bits per heavy atom. The molecule has 0 saturated carbocycles. The highest BCUT2D eigenvalue weighted by Crippen LogP contribution is 2.49. The summed E-state index contributed by atoms with van der Waals surface area (Å²) in [5.74, 6) is 0. The number of furan rings is 4. The van der Waals surface area contributed by atoms with Crippen molar-refractivity contribution in [2.24, 2.45) is 0 Å². The monoisotopic (exact) mass is 1640 g/mol. The highest BCUT2D eigenvalue weighted by atomic mass is 32.1. The predicted molar refractivity (Wildman–Crippen MR) is 523 cm³/mol. The lowest BCUT2D eigenvalue weighted by Crippen LogP contribution is -2.00. The maximum Gasteiger partial charge on any atom is 0.177 e. The molecule has 0 aliphatic rings. The van der Waals surface area contributed by atoms with Gasteiger partial charge in [0.1, 0.15) is 33.4 Å². The van der Waals surface area contributed by atoms with Gasteiger partial charge in [-0.15, -0.1) is 11.3 Å². The predicted octanol–water partition coefficient (Wildman–Crippen LogP) is 31.0. The molecule has 13 aromatic heterocycles. The van der Waals surface area contributed by atoms with Crippen LogP contribution in [0, 0.1) is 0 Å². The Labute approximate surface area is 725 Å². The number of pyridine rings is 4. The van der Waals surface area contributed by atoms with Gasteiger partial charge in [-0.2, -0.15) is 0 Å². The van der Waals surface area contributed by atoms with Crippen molar-refractivity contribution >= 4 is 219 Å². The van der Waals surface area contributed by atoms with Gasteiger partial charge >= 0.3 is 0 Å². The van der Waals surface area contributed by atoms with Gasteiger partial charge in [-0.3, -0.25) is 9.97 Å². The molecule has 0 radical (unpaired) electrons. The summed E-state index contributed by atoms with van der Waals surface area (Å²) in [7, 11) is 0. The fraction of sp³-hybridized carbons (Fsp3) is 0.0175. The molecular weight excluding hydrogens is 1580 g/mol. The Hall–Kier alpha value is -16.7. The zero-order valence-electron chi connectivity index (χ0n) is 68.0. The molecule has 0 spiro atoms. The molecule has 12 nitrogen and oxygen atoms in total. The van der Waals surface area contributed by atoms with Crippen molar-refractivity contribution in [2.45, 2.75) is 13.3 Å². The van der Waals surface area contributed by atoms with E-state index in [4.69, 9.17) is 37.6 Å². The fourth-order valence-corrected chi connectivity index (χ4v) is 21.7. The Kier molecular flexibility index (Phi) is 14.7. The van der Waals surface area contributed by atoms with Crippen molar-refractivity contribution < 1.29 is 17.7 Å². The molecule has 127 heavy (non-hydrogen) atoms. The quantitative estimate of drug-likeness (QED) is 0.117. The molecule has 0 fully saturated rings. The van der Waals surface area contributed by atoms with Gasteiger partial charge in [0.2, 0.25) is 0 Å². The second-order valence-electron chi connectivity index (χ2n) is 33.4. The SMILES string of the molecule is CCc1ccc2c(c1)c1ccccc1n2-c1cc(-c2cc(-n3c4ccccc4c4cc(/C=C/c5cc(-n6c7ccccc7c7ccccc76)c6oc7c(-c8ccc9sc%10ccc(-c%11cccc(-c%12cncc%13c%12oc%12c(-n%14c%15ccccc%15c%15ccccc%15%14)cccc%12%13)c%11)cc%10c9c8)cncc7c6c5)ccc43)c3oc4ccccc4c3n2)nc2c1oc1ccccc12. The summed E-state index contributed by atoms with van der Waals surface area (Å²) in [4.78, 5) is 21.1. The van der Waals surface area contributed by atoms with Crippen molar-refractivity contribution in [2.75, 3.05) is 0 Å². The minimum atomic E-state index is 0.676. The summed E-state index contributed by atoms with van der Waals surface area (Å²) in [6.07, 6.45) is 13.2. The standard InChI is InChI=1S/C114H66N8O4S/c1-2-64-43-47-97-80(51-64)75-27-7-15-36-95(75)121(97)101-58-89(117-107-78-29-9-17-39-103(78)123-113(101)107)90-59-102(114-108(118-90)79-30-10-18-40-104(79)124-114)122-96-37-16-8-28-76(96)81-52-65(44-48-98(81)122)41-42-66-53-84-88-63-116-61-86(110(88)126-112(84)100(54-66)120-93-34-13-5-25-73(93)74-26-6-14-35-94(74)120)70-46-50-106-83(57-70)82-56-68(45-49-105(82)127-106)67-21-19-22-69(55-67)85-60-115-62-87-77-31-20-38-99(111(77)125-109(85)87)119-91-32-11-3-23-71(91)72-24-4-12-33-92(72)119/h3-63H,2H2,1H3/b42-41+. The van der Waals surface area contributed by atoms with Crippen LogP contribution in [0.15, 0.2) is 376 Å². The summed E-state index contributed by atoms with van der Waals surface area (Å²) in [5.41, 5.74) is 30.6.